The maximum atomic E-state index is 11.8. The van der Waals surface area contributed by atoms with Crippen LogP contribution in [0.1, 0.15) is 23.7 Å². The summed E-state index contributed by atoms with van der Waals surface area (Å²) in [5.74, 6) is -1.81. The zero-order chi connectivity index (χ0) is 17.4. The fourth-order valence-corrected chi connectivity index (χ4v) is 1.58. The second kappa shape index (κ2) is 8.47. The van der Waals surface area contributed by atoms with Crippen LogP contribution in [-0.2, 0) is 19.1 Å². The average Bonchev–Trinajstić information content (AvgIpc) is 2.53. The highest BCUT2D eigenvalue weighted by atomic mass is 16.6. The van der Waals surface area contributed by atoms with E-state index in [2.05, 4.69) is 10.1 Å². The molecule has 1 aromatic carbocycles. The number of benzene rings is 1. The van der Waals surface area contributed by atoms with E-state index < -0.39 is 28.9 Å². The van der Waals surface area contributed by atoms with Gasteiger partial charge in [0.1, 0.15) is 0 Å². The molecule has 0 saturated carbocycles. The van der Waals surface area contributed by atoms with Crippen LogP contribution < -0.4 is 5.32 Å². The Hall–Kier alpha value is -2.97. The van der Waals surface area contributed by atoms with Crippen molar-refractivity contribution in [2.45, 2.75) is 19.4 Å². The summed E-state index contributed by atoms with van der Waals surface area (Å²) in [5, 5.41) is 13.0. The molecule has 1 aromatic rings. The molecule has 0 aliphatic carbocycles. The van der Waals surface area contributed by atoms with Crippen LogP contribution in [0.15, 0.2) is 24.3 Å². The Morgan fingerprint density at radius 3 is 2.39 bits per heavy atom. The van der Waals surface area contributed by atoms with Crippen molar-refractivity contribution in [3.63, 3.8) is 0 Å². The largest absolute Gasteiger partial charge is 0.466 e. The van der Waals surface area contributed by atoms with Gasteiger partial charge in [-0.2, -0.15) is 0 Å². The lowest BCUT2D eigenvalue weighted by Gasteiger charge is -2.11. The molecule has 0 aliphatic rings. The zero-order valence-electron chi connectivity index (χ0n) is 12.6. The van der Waals surface area contributed by atoms with Crippen LogP contribution in [0.3, 0.4) is 0 Å². The number of nitrogens with zero attached hydrogens (tertiary/aromatic N) is 1. The summed E-state index contributed by atoms with van der Waals surface area (Å²) in [6.45, 7) is 1.38. The standard InChI is InChI=1S/C14H16N2O7/c1-9(14(19)22-2)23-12(17)7-8-15-13(18)10-3-5-11(6-4-10)16(20)21/h3-6,9H,7-8H2,1-2H3,(H,15,18)/t9-/m0/s1. The molecule has 0 radical (unpaired) electrons. The number of amides is 1. The topological polar surface area (TPSA) is 125 Å². The summed E-state index contributed by atoms with van der Waals surface area (Å²) in [4.78, 5) is 44.2. The monoisotopic (exact) mass is 324 g/mol. The third kappa shape index (κ3) is 5.73. The predicted molar refractivity (Wildman–Crippen MR) is 77.6 cm³/mol. The van der Waals surface area contributed by atoms with Gasteiger partial charge in [-0.25, -0.2) is 4.79 Å². The molecule has 0 bridgehead atoms. The zero-order valence-corrected chi connectivity index (χ0v) is 12.6. The van der Waals surface area contributed by atoms with E-state index >= 15 is 0 Å². The fraction of sp³-hybridized carbons (Fsp3) is 0.357. The van der Waals surface area contributed by atoms with Crippen LogP contribution in [0, 0.1) is 10.1 Å². The van der Waals surface area contributed by atoms with Crippen LogP contribution in [0.25, 0.3) is 0 Å². The quantitative estimate of drug-likeness (QED) is 0.447. The highest BCUT2D eigenvalue weighted by molar-refractivity contribution is 5.94. The molecule has 0 fully saturated rings. The minimum Gasteiger partial charge on any atom is -0.466 e. The first-order chi connectivity index (χ1) is 10.8. The van der Waals surface area contributed by atoms with Gasteiger partial charge in [-0.1, -0.05) is 0 Å². The smallest absolute Gasteiger partial charge is 0.346 e. The van der Waals surface area contributed by atoms with E-state index in [-0.39, 0.29) is 24.2 Å². The van der Waals surface area contributed by atoms with Crippen molar-refractivity contribution in [2.24, 2.45) is 0 Å². The van der Waals surface area contributed by atoms with Crippen LogP contribution >= 0.6 is 0 Å². The molecule has 1 rings (SSSR count). The highest BCUT2D eigenvalue weighted by Crippen LogP contribution is 2.11. The van der Waals surface area contributed by atoms with E-state index in [4.69, 9.17) is 4.74 Å². The van der Waals surface area contributed by atoms with Crippen LogP contribution in [0.5, 0.6) is 0 Å². The minimum atomic E-state index is -1.02. The summed E-state index contributed by atoms with van der Waals surface area (Å²) < 4.78 is 9.20. The van der Waals surface area contributed by atoms with E-state index in [0.29, 0.717) is 0 Å². The van der Waals surface area contributed by atoms with Crippen LogP contribution in [0.4, 0.5) is 5.69 Å². The normalized spacial score (nSPS) is 11.2. The lowest BCUT2D eigenvalue weighted by atomic mass is 10.2. The van der Waals surface area contributed by atoms with E-state index in [9.17, 15) is 24.5 Å². The minimum absolute atomic E-state index is 0.00253. The molecule has 23 heavy (non-hydrogen) atoms. The molecule has 0 aromatic heterocycles. The van der Waals surface area contributed by atoms with Gasteiger partial charge in [0.15, 0.2) is 6.10 Å². The Morgan fingerprint density at radius 1 is 1.26 bits per heavy atom. The Balaban J connectivity index is 2.40. The Kier molecular flexibility index (Phi) is 6.66. The molecule has 0 aliphatic heterocycles. The van der Waals surface area contributed by atoms with Gasteiger partial charge < -0.3 is 14.8 Å². The number of rotatable bonds is 7. The van der Waals surface area contributed by atoms with Gasteiger partial charge in [-0.05, 0) is 19.1 Å². The van der Waals surface area contributed by atoms with Crippen molar-refractivity contribution in [1.82, 2.24) is 5.32 Å². The molecule has 0 heterocycles. The van der Waals surface area contributed by atoms with Gasteiger partial charge in [-0.3, -0.25) is 19.7 Å². The van der Waals surface area contributed by atoms with Gasteiger partial charge in [0, 0.05) is 24.2 Å². The van der Waals surface area contributed by atoms with Crippen molar-refractivity contribution in [2.75, 3.05) is 13.7 Å². The first kappa shape index (κ1) is 18.1. The highest BCUT2D eigenvalue weighted by Gasteiger charge is 2.18. The van der Waals surface area contributed by atoms with Crippen LogP contribution in [0.2, 0.25) is 0 Å². The number of non-ortho nitro benzene ring substituents is 1. The Morgan fingerprint density at radius 2 is 1.87 bits per heavy atom. The average molecular weight is 324 g/mol. The molecular formula is C14H16N2O7. The molecule has 0 spiro atoms. The summed E-state index contributed by atoms with van der Waals surface area (Å²) >= 11 is 0. The third-order valence-corrected chi connectivity index (χ3v) is 2.80. The number of carbonyl (C=O) groups is 3. The van der Waals surface area contributed by atoms with Crippen molar-refractivity contribution < 1.29 is 28.8 Å². The number of hydrogen-bond acceptors (Lipinski definition) is 7. The molecule has 0 unspecified atom stereocenters. The molecule has 124 valence electrons. The second-order valence-electron chi connectivity index (χ2n) is 4.47. The van der Waals surface area contributed by atoms with E-state index in [1.165, 1.54) is 38.3 Å². The lowest BCUT2D eigenvalue weighted by Crippen LogP contribution is -2.29. The summed E-state index contributed by atoms with van der Waals surface area (Å²) in [6, 6.07) is 5.04. The number of nitrogens with one attached hydrogen (secondary N) is 1. The number of nitro benzene ring substituents is 1. The van der Waals surface area contributed by atoms with E-state index in [1.54, 1.807) is 0 Å². The number of methoxy groups -OCH3 is 1. The number of esters is 2. The summed E-state index contributed by atoms with van der Waals surface area (Å²) in [5.41, 5.74) is 0.105. The number of ether oxygens (including phenoxy) is 2. The molecule has 1 amide bonds. The second-order valence-corrected chi connectivity index (χ2v) is 4.47. The lowest BCUT2D eigenvalue weighted by molar-refractivity contribution is -0.384. The van der Waals surface area contributed by atoms with Gasteiger partial charge >= 0.3 is 11.9 Å². The van der Waals surface area contributed by atoms with Gasteiger partial charge in [0.2, 0.25) is 0 Å². The maximum absolute atomic E-state index is 11.8. The van der Waals surface area contributed by atoms with E-state index in [1.807, 2.05) is 0 Å². The molecule has 9 heteroatoms. The van der Waals surface area contributed by atoms with Crippen molar-refractivity contribution in [1.29, 1.82) is 0 Å². The SMILES string of the molecule is COC(=O)[C@H](C)OC(=O)CCNC(=O)c1ccc([N+](=O)[O-])cc1. The van der Waals surface area contributed by atoms with Crippen molar-refractivity contribution >= 4 is 23.5 Å². The van der Waals surface area contributed by atoms with E-state index in [0.717, 1.165) is 0 Å². The summed E-state index contributed by atoms with van der Waals surface area (Å²) in [7, 11) is 1.18. The number of hydrogen-bond donors (Lipinski definition) is 1. The Labute approximate surface area is 131 Å². The molecular weight excluding hydrogens is 308 g/mol. The molecule has 0 saturated heterocycles. The van der Waals surface area contributed by atoms with Gasteiger partial charge in [0.25, 0.3) is 11.6 Å². The number of carbonyl (C=O) groups excluding carboxylic acids is 3. The Bertz CT molecular complexity index is 598. The van der Waals surface area contributed by atoms with Gasteiger partial charge in [-0.15, -0.1) is 0 Å². The molecule has 1 N–H and O–H groups in total. The third-order valence-electron chi connectivity index (χ3n) is 2.80. The van der Waals surface area contributed by atoms with Gasteiger partial charge in [0.05, 0.1) is 18.5 Å². The first-order valence-electron chi connectivity index (χ1n) is 6.65. The molecule has 1 atom stereocenters. The maximum Gasteiger partial charge on any atom is 0.346 e. The predicted octanol–water partition coefficient (Wildman–Crippen LogP) is 0.819. The van der Waals surface area contributed by atoms with Crippen LogP contribution in [-0.4, -0.2) is 42.5 Å². The number of nitro groups is 1. The summed E-state index contributed by atoms with van der Waals surface area (Å²) in [6.07, 6.45) is -1.14. The fourth-order valence-electron chi connectivity index (χ4n) is 1.58. The molecule has 9 nitrogen and oxygen atoms in total. The first-order valence-corrected chi connectivity index (χ1v) is 6.65. The van der Waals surface area contributed by atoms with Crippen molar-refractivity contribution in [3.8, 4) is 0 Å². The van der Waals surface area contributed by atoms with Crippen molar-refractivity contribution in [3.05, 3.63) is 39.9 Å².